The number of alkyl carbamates (subject to hydrolysis) is 1. The molecule has 0 radical (unpaired) electrons. The number of hydrogen-bond donors (Lipinski definition) is 3. The lowest BCUT2D eigenvalue weighted by Gasteiger charge is -2.12. The van der Waals surface area contributed by atoms with Gasteiger partial charge in [-0.25, -0.2) is 4.79 Å². The summed E-state index contributed by atoms with van der Waals surface area (Å²) in [5.74, 6) is -1.10. The first-order valence-electron chi connectivity index (χ1n) is 8.29. The van der Waals surface area contributed by atoms with E-state index in [0.717, 1.165) is 21.9 Å². The number of carbonyl (C=O) groups excluding carboxylic acids is 3. The Morgan fingerprint density at radius 1 is 1.32 bits per heavy atom. The van der Waals surface area contributed by atoms with Gasteiger partial charge in [0.25, 0.3) is 11.8 Å². The number of fused-ring (bicyclic) bond motifs is 1. The van der Waals surface area contributed by atoms with Crippen molar-refractivity contribution in [2.75, 3.05) is 17.2 Å². The molecule has 10 heteroatoms. The SMILES string of the molecule is CCOC(=O)NC(=O)c1c(NC(=O)C2Nc3ccccc3S2)sc(C#N)c1C. The number of hydrogen-bond acceptors (Lipinski definition) is 8. The molecule has 1 aliphatic rings. The van der Waals surface area contributed by atoms with Gasteiger partial charge in [0.05, 0.1) is 12.2 Å². The largest absolute Gasteiger partial charge is 0.450 e. The molecule has 0 spiro atoms. The van der Waals surface area contributed by atoms with Gasteiger partial charge in [-0.1, -0.05) is 23.9 Å². The molecule has 1 atom stereocenters. The molecule has 144 valence electrons. The van der Waals surface area contributed by atoms with Crippen LogP contribution < -0.4 is 16.0 Å². The summed E-state index contributed by atoms with van der Waals surface area (Å²) in [5.41, 5.74) is 1.32. The van der Waals surface area contributed by atoms with Crippen molar-refractivity contribution in [3.63, 3.8) is 0 Å². The van der Waals surface area contributed by atoms with Gasteiger partial charge in [0.1, 0.15) is 15.9 Å². The van der Waals surface area contributed by atoms with Gasteiger partial charge in [-0.3, -0.25) is 14.9 Å². The summed E-state index contributed by atoms with van der Waals surface area (Å²) in [7, 11) is 0. The Kier molecular flexibility index (Phi) is 5.87. The number of para-hydroxylation sites is 1. The lowest BCUT2D eigenvalue weighted by Crippen LogP contribution is -2.33. The van der Waals surface area contributed by atoms with Gasteiger partial charge in [-0.05, 0) is 31.5 Å². The average Bonchev–Trinajstić information content (AvgIpc) is 3.22. The molecule has 3 N–H and O–H groups in total. The predicted octanol–water partition coefficient (Wildman–Crippen LogP) is 3.30. The molecule has 3 rings (SSSR count). The second kappa shape index (κ2) is 8.33. The van der Waals surface area contributed by atoms with Gasteiger partial charge < -0.3 is 15.4 Å². The van der Waals surface area contributed by atoms with Crippen LogP contribution in [0.4, 0.5) is 15.5 Å². The van der Waals surface area contributed by atoms with E-state index >= 15 is 0 Å². The van der Waals surface area contributed by atoms with Crippen molar-refractivity contribution < 1.29 is 19.1 Å². The van der Waals surface area contributed by atoms with Crippen molar-refractivity contribution in [3.8, 4) is 6.07 Å². The van der Waals surface area contributed by atoms with Crippen molar-refractivity contribution in [2.45, 2.75) is 24.1 Å². The topological polar surface area (TPSA) is 120 Å². The standard InChI is InChI=1S/C18H16N4O4S2/c1-3-26-18(25)22-14(23)13-9(2)12(8-19)28-16(13)21-15(24)17-20-10-6-4-5-7-11(10)27-17/h4-7,17,20H,3H2,1-2H3,(H,21,24)(H,22,23,25). The third-order valence-corrected chi connectivity index (χ3v) is 6.15. The average molecular weight is 416 g/mol. The van der Waals surface area contributed by atoms with Gasteiger partial charge >= 0.3 is 6.09 Å². The van der Waals surface area contributed by atoms with Crippen molar-refractivity contribution in [1.29, 1.82) is 5.26 Å². The fourth-order valence-corrected chi connectivity index (χ4v) is 4.61. The summed E-state index contributed by atoms with van der Waals surface area (Å²) in [6.45, 7) is 3.31. The highest BCUT2D eigenvalue weighted by molar-refractivity contribution is 8.01. The maximum atomic E-state index is 12.7. The first-order valence-corrected chi connectivity index (χ1v) is 9.98. The number of nitriles is 1. The maximum absolute atomic E-state index is 12.7. The first kappa shape index (κ1) is 19.7. The van der Waals surface area contributed by atoms with E-state index in [1.807, 2.05) is 30.3 Å². The molecule has 0 saturated carbocycles. The number of carbonyl (C=O) groups is 3. The second-order valence-corrected chi connectivity index (χ2v) is 7.84. The molecular formula is C18H16N4O4S2. The number of nitrogens with one attached hydrogen (secondary N) is 3. The molecule has 8 nitrogen and oxygen atoms in total. The molecule has 2 aromatic rings. The Bertz CT molecular complexity index is 971. The summed E-state index contributed by atoms with van der Waals surface area (Å²) in [6, 6.07) is 9.52. The lowest BCUT2D eigenvalue weighted by molar-refractivity contribution is -0.115. The molecule has 2 heterocycles. The van der Waals surface area contributed by atoms with E-state index in [4.69, 9.17) is 4.74 Å². The van der Waals surface area contributed by atoms with Crippen molar-refractivity contribution >= 4 is 51.7 Å². The molecule has 1 aliphatic heterocycles. The number of benzene rings is 1. The number of anilines is 2. The molecule has 1 aromatic heterocycles. The third-order valence-electron chi connectivity index (χ3n) is 3.86. The Morgan fingerprint density at radius 3 is 2.75 bits per heavy atom. The molecule has 1 unspecified atom stereocenters. The van der Waals surface area contributed by atoms with Gasteiger partial charge in [0.2, 0.25) is 0 Å². The highest BCUT2D eigenvalue weighted by Crippen LogP contribution is 2.39. The van der Waals surface area contributed by atoms with E-state index in [0.29, 0.717) is 5.56 Å². The van der Waals surface area contributed by atoms with Crippen LogP contribution in [0.3, 0.4) is 0 Å². The van der Waals surface area contributed by atoms with Gasteiger partial charge in [0.15, 0.2) is 5.37 Å². The van der Waals surface area contributed by atoms with Crippen LogP contribution in [-0.4, -0.2) is 29.9 Å². The van der Waals surface area contributed by atoms with Crippen molar-refractivity contribution in [3.05, 3.63) is 40.3 Å². The summed E-state index contributed by atoms with van der Waals surface area (Å²) >= 11 is 2.34. The Morgan fingerprint density at radius 2 is 2.07 bits per heavy atom. The van der Waals surface area contributed by atoms with Crippen LogP contribution in [0.25, 0.3) is 0 Å². The molecule has 0 bridgehead atoms. The summed E-state index contributed by atoms with van der Waals surface area (Å²) < 4.78 is 4.71. The minimum Gasteiger partial charge on any atom is -0.450 e. The highest BCUT2D eigenvalue weighted by atomic mass is 32.2. The fourth-order valence-electron chi connectivity index (χ4n) is 2.59. The second-order valence-electron chi connectivity index (χ2n) is 5.67. The molecule has 0 aliphatic carbocycles. The quantitative estimate of drug-likeness (QED) is 0.699. The third kappa shape index (κ3) is 3.95. The van der Waals surface area contributed by atoms with Crippen LogP contribution in [0.1, 0.15) is 27.7 Å². The van der Waals surface area contributed by atoms with E-state index in [1.165, 1.54) is 11.8 Å². The Hall–Kier alpha value is -3.03. The van der Waals surface area contributed by atoms with Crippen molar-refractivity contribution in [1.82, 2.24) is 5.32 Å². The van der Waals surface area contributed by atoms with Crippen LogP contribution in [0.5, 0.6) is 0 Å². The number of imide groups is 1. The number of thioether (sulfide) groups is 1. The Balaban J connectivity index is 1.80. The van der Waals surface area contributed by atoms with Crippen LogP contribution >= 0.6 is 23.1 Å². The van der Waals surface area contributed by atoms with Crippen LogP contribution in [0.2, 0.25) is 0 Å². The number of rotatable bonds is 4. The molecule has 3 amide bonds. The monoisotopic (exact) mass is 416 g/mol. The highest BCUT2D eigenvalue weighted by Gasteiger charge is 2.30. The number of nitrogens with zero attached hydrogens (tertiary/aromatic N) is 1. The number of amides is 3. The lowest BCUT2D eigenvalue weighted by atomic mass is 10.1. The molecular weight excluding hydrogens is 400 g/mol. The normalized spacial score (nSPS) is 14.4. The molecule has 0 fully saturated rings. The van der Waals surface area contributed by atoms with E-state index in [9.17, 15) is 19.6 Å². The van der Waals surface area contributed by atoms with Crippen LogP contribution in [0.15, 0.2) is 29.2 Å². The summed E-state index contributed by atoms with van der Waals surface area (Å²) in [5, 5.41) is 16.8. The van der Waals surface area contributed by atoms with E-state index < -0.39 is 17.4 Å². The fraction of sp³-hybridized carbons (Fsp3) is 0.222. The van der Waals surface area contributed by atoms with Crippen LogP contribution in [-0.2, 0) is 9.53 Å². The zero-order valence-electron chi connectivity index (χ0n) is 15.0. The van der Waals surface area contributed by atoms with Crippen LogP contribution in [0, 0.1) is 18.3 Å². The molecule has 28 heavy (non-hydrogen) atoms. The minimum absolute atomic E-state index is 0.0727. The molecule has 0 saturated heterocycles. The summed E-state index contributed by atoms with van der Waals surface area (Å²) in [4.78, 5) is 38.0. The van der Waals surface area contributed by atoms with Crippen molar-refractivity contribution in [2.24, 2.45) is 0 Å². The predicted molar refractivity (Wildman–Crippen MR) is 107 cm³/mol. The van der Waals surface area contributed by atoms with E-state index in [2.05, 4.69) is 16.0 Å². The van der Waals surface area contributed by atoms with Gasteiger partial charge in [-0.15, -0.1) is 11.3 Å². The smallest absolute Gasteiger partial charge is 0.414 e. The maximum Gasteiger partial charge on any atom is 0.414 e. The number of thiophene rings is 1. The molecule has 1 aromatic carbocycles. The van der Waals surface area contributed by atoms with E-state index in [-0.39, 0.29) is 28.0 Å². The zero-order valence-corrected chi connectivity index (χ0v) is 16.6. The summed E-state index contributed by atoms with van der Waals surface area (Å²) in [6.07, 6.45) is -0.891. The Labute approximate surface area is 169 Å². The van der Waals surface area contributed by atoms with Gasteiger partial charge in [-0.2, -0.15) is 5.26 Å². The minimum atomic E-state index is -0.891. The first-order chi connectivity index (χ1) is 13.4. The zero-order chi connectivity index (χ0) is 20.3. The van der Waals surface area contributed by atoms with E-state index in [1.54, 1.807) is 13.8 Å². The van der Waals surface area contributed by atoms with Gasteiger partial charge in [0, 0.05) is 10.6 Å². The number of ether oxygens (including phenoxy) is 1.